The van der Waals surface area contributed by atoms with E-state index in [1.165, 1.54) is 17.2 Å². The van der Waals surface area contributed by atoms with Crippen LogP contribution in [0.25, 0.3) is 0 Å². The Hall–Kier alpha value is -3.49. The average Bonchev–Trinajstić information content (AvgIpc) is 3.01. The molecule has 0 aliphatic carbocycles. The summed E-state index contributed by atoms with van der Waals surface area (Å²) < 4.78 is 0. The number of benzene rings is 2. The minimum absolute atomic E-state index is 0.183. The van der Waals surface area contributed by atoms with Crippen LogP contribution in [0.4, 0.5) is 16.2 Å². The Bertz CT molecular complexity index is 1210. The summed E-state index contributed by atoms with van der Waals surface area (Å²) in [5, 5.41) is 18.7. The van der Waals surface area contributed by atoms with Crippen LogP contribution in [0.1, 0.15) is 18.1 Å². The Morgan fingerprint density at radius 3 is 2.47 bits per heavy atom. The predicted octanol–water partition coefficient (Wildman–Crippen LogP) is 3.30. The zero-order chi connectivity index (χ0) is 23.2. The van der Waals surface area contributed by atoms with Crippen molar-refractivity contribution in [1.29, 1.82) is 0 Å². The number of carbonyl (C=O) groups excluding carboxylic acids is 3. The number of aryl methyl sites for hydroxylation is 2. The topological polar surface area (TPSA) is 102 Å². The molecule has 2 aliphatic heterocycles. The second-order valence-electron chi connectivity index (χ2n) is 7.72. The highest BCUT2D eigenvalue weighted by atomic mass is 35.5. The Morgan fingerprint density at radius 1 is 1.03 bits per heavy atom. The number of nitrogens with zero attached hydrogens (tertiary/aromatic N) is 3. The summed E-state index contributed by atoms with van der Waals surface area (Å²) in [6.07, 6.45) is -0.138. The molecule has 8 nitrogen and oxygen atoms in total. The number of aliphatic hydroxyl groups is 1. The standard InChI is InChI=1S/C23H21ClN4O4/c1-12-7-8-17(9-13(12)2)28-22(31)18(14(3)26-28)11-19-20(29)25-23(32)27(21(19)30)16-6-4-5-15(24)10-16/h4-11,19-20,29H,1-3H3,(H,25,32)/b18-11-. The lowest BCUT2D eigenvalue weighted by molar-refractivity contribution is -0.124. The number of hydrogen-bond acceptors (Lipinski definition) is 5. The molecule has 2 aliphatic rings. The molecule has 164 valence electrons. The second kappa shape index (κ2) is 8.22. The van der Waals surface area contributed by atoms with Gasteiger partial charge in [0.1, 0.15) is 12.1 Å². The van der Waals surface area contributed by atoms with Gasteiger partial charge >= 0.3 is 6.03 Å². The molecule has 2 unspecified atom stereocenters. The van der Waals surface area contributed by atoms with Gasteiger partial charge in [0, 0.05) is 5.02 Å². The largest absolute Gasteiger partial charge is 0.372 e. The van der Waals surface area contributed by atoms with Crippen molar-refractivity contribution in [1.82, 2.24) is 5.32 Å². The predicted molar refractivity (Wildman–Crippen MR) is 122 cm³/mol. The third-order valence-electron chi connectivity index (χ3n) is 5.53. The molecule has 0 saturated carbocycles. The van der Waals surface area contributed by atoms with Crippen LogP contribution in [0.3, 0.4) is 0 Å². The van der Waals surface area contributed by atoms with E-state index in [1.54, 1.807) is 31.2 Å². The first-order chi connectivity index (χ1) is 15.2. The van der Waals surface area contributed by atoms with E-state index in [1.807, 2.05) is 26.0 Å². The van der Waals surface area contributed by atoms with E-state index >= 15 is 0 Å². The van der Waals surface area contributed by atoms with Crippen LogP contribution < -0.4 is 15.2 Å². The van der Waals surface area contributed by atoms with Crippen molar-refractivity contribution < 1.29 is 19.5 Å². The number of imide groups is 1. The summed E-state index contributed by atoms with van der Waals surface area (Å²) >= 11 is 6.00. The highest BCUT2D eigenvalue weighted by Crippen LogP contribution is 2.29. The average molecular weight is 453 g/mol. The third-order valence-corrected chi connectivity index (χ3v) is 5.77. The van der Waals surface area contributed by atoms with Gasteiger partial charge in [0.2, 0.25) is 5.91 Å². The van der Waals surface area contributed by atoms with E-state index in [-0.39, 0.29) is 11.3 Å². The van der Waals surface area contributed by atoms with Gasteiger partial charge in [0.25, 0.3) is 5.91 Å². The number of hydrazone groups is 1. The van der Waals surface area contributed by atoms with E-state index in [9.17, 15) is 19.5 Å². The van der Waals surface area contributed by atoms with Gasteiger partial charge in [-0.15, -0.1) is 0 Å². The lowest BCUT2D eigenvalue weighted by atomic mass is 9.97. The molecule has 0 spiro atoms. The molecule has 2 heterocycles. The lowest BCUT2D eigenvalue weighted by Crippen LogP contribution is -2.60. The van der Waals surface area contributed by atoms with Crippen LogP contribution in [0.5, 0.6) is 0 Å². The smallest absolute Gasteiger partial charge is 0.330 e. The van der Waals surface area contributed by atoms with E-state index in [4.69, 9.17) is 11.6 Å². The summed E-state index contributed by atoms with van der Waals surface area (Å²) in [5.41, 5.74) is 3.55. The molecule has 2 N–H and O–H groups in total. The number of aliphatic hydroxyl groups excluding tert-OH is 1. The Morgan fingerprint density at radius 2 is 1.78 bits per heavy atom. The normalized spacial score (nSPS) is 22.5. The lowest BCUT2D eigenvalue weighted by Gasteiger charge is -2.33. The molecule has 0 bridgehead atoms. The second-order valence-corrected chi connectivity index (χ2v) is 8.16. The van der Waals surface area contributed by atoms with Gasteiger partial charge in [-0.1, -0.05) is 29.8 Å². The van der Waals surface area contributed by atoms with Crippen LogP contribution in [-0.4, -0.2) is 34.9 Å². The highest BCUT2D eigenvalue weighted by molar-refractivity contribution is 6.31. The molecular weight excluding hydrogens is 432 g/mol. The number of nitrogens with one attached hydrogen (secondary N) is 1. The monoisotopic (exact) mass is 452 g/mol. The Kier molecular flexibility index (Phi) is 5.58. The van der Waals surface area contributed by atoms with Crippen LogP contribution in [-0.2, 0) is 9.59 Å². The van der Waals surface area contributed by atoms with Gasteiger partial charge in [0.15, 0.2) is 0 Å². The fourth-order valence-electron chi connectivity index (χ4n) is 3.61. The maximum Gasteiger partial charge on any atom is 0.330 e. The van der Waals surface area contributed by atoms with Gasteiger partial charge in [0.05, 0.1) is 22.7 Å². The molecule has 0 aromatic heterocycles. The number of amides is 4. The van der Waals surface area contributed by atoms with Crippen molar-refractivity contribution in [3.8, 4) is 0 Å². The fraction of sp³-hybridized carbons (Fsp3) is 0.217. The quantitative estimate of drug-likeness (QED) is 0.697. The van der Waals surface area contributed by atoms with Crippen molar-refractivity contribution in [3.05, 3.63) is 70.3 Å². The van der Waals surface area contributed by atoms with Crippen molar-refractivity contribution in [3.63, 3.8) is 0 Å². The molecule has 2 aromatic rings. The minimum Gasteiger partial charge on any atom is -0.372 e. The number of urea groups is 1. The highest BCUT2D eigenvalue weighted by Gasteiger charge is 2.42. The third kappa shape index (κ3) is 3.79. The van der Waals surface area contributed by atoms with Crippen LogP contribution >= 0.6 is 11.6 Å². The van der Waals surface area contributed by atoms with Crippen molar-refractivity contribution in [2.75, 3.05) is 9.91 Å². The van der Waals surface area contributed by atoms with Gasteiger partial charge in [-0.2, -0.15) is 10.1 Å². The molecule has 1 saturated heterocycles. The maximum absolute atomic E-state index is 13.1. The first-order valence-electron chi connectivity index (χ1n) is 9.94. The molecule has 2 aromatic carbocycles. The first kappa shape index (κ1) is 21.7. The van der Waals surface area contributed by atoms with Crippen LogP contribution in [0.2, 0.25) is 5.02 Å². The van der Waals surface area contributed by atoms with Gasteiger partial charge in [-0.25, -0.2) is 9.69 Å². The zero-order valence-corrected chi connectivity index (χ0v) is 18.4. The maximum atomic E-state index is 13.1. The molecule has 9 heteroatoms. The van der Waals surface area contributed by atoms with E-state index in [0.717, 1.165) is 16.0 Å². The number of halogens is 1. The van der Waals surface area contributed by atoms with Crippen molar-refractivity contribution in [2.45, 2.75) is 27.0 Å². The van der Waals surface area contributed by atoms with E-state index < -0.39 is 30.0 Å². The van der Waals surface area contributed by atoms with Crippen molar-refractivity contribution >= 4 is 46.5 Å². The summed E-state index contributed by atoms with van der Waals surface area (Å²) in [5.74, 6) is -2.28. The molecule has 32 heavy (non-hydrogen) atoms. The molecule has 2 atom stereocenters. The number of rotatable bonds is 3. The molecular formula is C23H21ClN4O4. The number of anilines is 2. The van der Waals surface area contributed by atoms with E-state index in [0.29, 0.717) is 16.4 Å². The zero-order valence-electron chi connectivity index (χ0n) is 17.7. The Labute approximate surface area is 189 Å². The molecule has 4 amide bonds. The van der Waals surface area contributed by atoms with Crippen LogP contribution in [0.15, 0.2) is 59.2 Å². The molecule has 4 rings (SSSR count). The van der Waals surface area contributed by atoms with Crippen molar-refractivity contribution in [2.24, 2.45) is 11.0 Å². The fourth-order valence-corrected chi connectivity index (χ4v) is 3.79. The first-order valence-corrected chi connectivity index (χ1v) is 10.3. The SMILES string of the molecule is CC1=NN(c2ccc(C)c(C)c2)C(=O)/C1=C\C1C(=O)N(c2cccc(Cl)c2)C(=O)NC1O. The number of hydrogen-bond donors (Lipinski definition) is 2. The summed E-state index contributed by atoms with van der Waals surface area (Å²) in [7, 11) is 0. The van der Waals surface area contributed by atoms with Gasteiger partial charge in [-0.3, -0.25) is 9.59 Å². The molecule has 0 radical (unpaired) electrons. The summed E-state index contributed by atoms with van der Waals surface area (Å²) in [6, 6.07) is 11.0. The summed E-state index contributed by atoms with van der Waals surface area (Å²) in [4.78, 5) is 39.5. The summed E-state index contributed by atoms with van der Waals surface area (Å²) in [6.45, 7) is 5.56. The van der Waals surface area contributed by atoms with Crippen LogP contribution in [0, 0.1) is 19.8 Å². The molecule has 1 fully saturated rings. The number of carbonyl (C=O) groups is 3. The van der Waals surface area contributed by atoms with Gasteiger partial charge in [-0.05, 0) is 62.2 Å². The van der Waals surface area contributed by atoms with Gasteiger partial charge < -0.3 is 10.4 Å². The Balaban J connectivity index is 1.66. The van der Waals surface area contributed by atoms with E-state index in [2.05, 4.69) is 10.4 Å². The minimum atomic E-state index is -1.49.